The molecule has 3 aliphatic rings. The van der Waals surface area contributed by atoms with Crippen molar-refractivity contribution in [2.24, 2.45) is 10.4 Å². The minimum absolute atomic E-state index is 0.0156. The van der Waals surface area contributed by atoms with E-state index in [0.717, 1.165) is 19.3 Å². The lowest BCUT2D eigenvalue weighted by molar-refractivity contribution is -0.157. The van der Waals surface area contributed by atoms with E-state index >= 15 is 0 Å². The summed E-state index contributed by atoms with van der Waals surface area (Å²) in [5.41, 5.74) is -0.125. The summed E-state index contributed by atoms with van der Waals surface area (Å²) in [5, 5.41) is 0. The van der Waals surface area contributed by atoms with Gasteiger partial charge in [-0.15, -0.1) is 0 Å². The van der Waals surface area contributed by atoms with E-state index in [0.29, 0.717) is 23.3 Å². The van der Waals surface area contributed by atoms with Crippen LogP contribution in [0.25, 0.3) is 0 Å². The maximum atomic E-state index is 13.0. The molecule has 8 nitrogen and oxygen atoms in total. The summed E-state index contributed by atoms with van der Waals surface area (Å²) in [6.45, 7) is 7.22. The number of guanidine groups is 1. The van der Waals surface area contributed by atoms with Crippen LogP contribution >= 0.6 is 0 Å². The quantitative estimate of drug-likeness (QED) is 0.754. The van der Waals surface area contributed by atoms with Crippen LogP contribution in [0.2, 0.25) is 0 Å². The van der Waals surface area contributed by atoms with Gasteiger partial charge < -0.3 is 4.74 Å². The fraction of sp³-hybridized carbons (Fsp3) is 0.667. The molecule has 0 radical (unpaired) electrons. The van der Waals surface area contributed by atoms with E-state index in [-0.39, 0.29) is 30.7 Å². The molecule has 2 aliphatic heterocycles. The second kappa shape index (κ2) is 5.56. The highest BCUT2D eigenvalue weighted by atomic mass is 16.5. The molecule has 3 heterocycles. The molecule has 8 heteroatoms. The number of hydrogen-bond acceptors (Lipinski definition) is 6. The Balaban J connectivity index is 1.71. The summed E-state index contributed by atoms with van der Waals surface area (Å²) >= 11 is 0. The van der Waals surface area contributed by atoms with Gasteiger partial charge in [0.1, 0.15) is 5.82 Å². The van der Waals surface area contributed by atoms with Crippen LogP contribution in [0.15, 0.2) is 4.99 Å². The van der Waals surface area contributed by atoms with Crippen molar-refractivity contribution in [1.29, 1.82) is 0 Å². The van der Waals surface area contributed by atoms with E-state index in [1.165, 1.54) is 0 Å². The number of nitrogens with zero attached hydrogens (tertiary/aromatic N) is 5. The van der Waals surface area contributed by atoms with Crippen LogP contribution in [0.1, 0.15) is 56.3 Å². The number of ether oxygens (including phenoxy) is 1. The number of fused-ring (bicyclic) bond motifs is 5. The van der Waals surface area contributed by atoms with Crippen molar-refractivity contribution < 1.29 is 14.3 Å². The second-order valence-electron chi connectivity index (χ2n) is 8.30. The summed E-state index contributed by atoms with van der Waals surface area (Å²) < 4.78 is 7.14. The number of aryl methyl sites for hydroxylation is 1. The molecule has 1 amide bonds. The Hall–Kier alpha value is -2.38. The number of carbonyl (C=O) groups excluding carboxylic acids is 2. The number of imidazole rings is 1. The van der Waals surface area contributed by atoms with Crippen LogP contribution in [-0.4, -0.2) is 51.4 Å². The molecule has 0 bridgehead atoms. The molecule has 1 aromatic rings. The third kappa shape index (κ3) is 2.34. The number of rotatable bonds is 2. The summed E-state index contributed by atoms with van der Waals surface area (Å²) in [4.78, 5) is 38.2. The lowest BCUT2D eigenvalue weighted by atomic mass is 9.98. The van der Waals surface area contributed by atoms with Gasteiger partial charge in [0.15, 0.2) is 18.2 Å². The highest BCUT2D eigenvalue weighted by molar-refractivity contribution is 6.18. The molecule has 0 spiro atoms. The molecule has 1 fully saturated rings. The zero-order chi connectivity index (χ0) is 18.8. The standard InChI is InChI=1S/C18H25N5O3/c1-10-19-14-13(22(10)9-26-16(25)18(2,3)4)15(24)21(5)17-20-11-7-6-8-12(11)23(14)17/h11-12H,6-9H2,1-5H3/t11-,12+/m1/s1. The Morgan fingerprint density at radius 3 is 2.73 bits per heavy atom. The van der Waals surface area contributed by atoms with E-state index in [9.17, 15) is 9.59 Å². The molecule has 4 rings (SSSR count). The molecule has 2 atom stereocenters. The van der Waals surface area contributed by atoms with Crippen molar-refractivity contribution in [3.63, 3.8) is 0 Å². The molecule has 1 saturated carbocycles. The van der Waals surface area contributed by atoms with E-state index in [1.54, 1.807) is 37.3 Å². The van der Waals surface area contributed by atoms with Crippen LogP contribution in [0.5, 0.6) is 0 Å². The van der Waals surface area contributed by atoms with Gasteiger partial charge in [-0.3, -0.25) is 24.0 Å². The Labute approximate surface area is 152 Å². The molecule has 26 heavy (non-hydrogen) atoms. The van der Waals surface area contributed by atoms with Crippen molar-refractivity contribution >= 4 is 23.7 Å². The molecule has 0 unspecified atom stereocenters. The van der Waals surface area contributed by atoms with Gasteiger partial charge in [-0.05, 0) is 47.0 Å². The molecule has 1 aromatic heterocycles. The van der Waals surface area contributed by atoms with Crippen molar-refractivity contribution in [1.82, 2.24) is 14.5 Å². The number of anilines is 1. The minimum Gasteiger partial charge on any atom is -0.443 e. The first-order valence-corrected chi connectivity index (χ1v) is 9.09. The molecular formula is C18H25N5O3. The average Bonchev–Trinajstić information content (AvgIpc) is 3.21. The Morgan fingerprint density at radius 2 is 2.04 bits per heavy atom. The normalized spacial score (nSPS) is 24.3. The van der Waals surface area contributed by atoms with Crippen molar-refractivity contribution in [3.05, 3.63) is 11.5 Å². The third-order valence-corrected chi connectivity index (χ3v) is 5.38. The van der Waals surface area contributed by atoms with E-state index in [1.807, 2.05) is 6.92 Å². The van der Waals surface area contributed by atoms with Gasteiger partial charge in [0, 0.05) is 7.05 Å². The van der Waals surface area contributed by atoms with Crippen LogP contribution < -0.4 is 4.90 Å². The SMILES string of the molecule is Cc1nc2c(n1COC(=O)C(C)(C)C)C(=O)N(C)C1=N[C@@H]3CCC[C@@H]3N12. The number of aliphatic imine (C=N–C) groups is 1. The fourth-order valence-electron chi connectivity index (χ4n) is 3.91. The number of aromatic nitrogens is 2. The largest absolute Gasteiger partial charge is 0.443 e. The predicted molar refractivity (Wildman–Crippen MR) is 95.9 cm³/mol. The zero-order valence-corrected chi connectivity index (χ0v) is 15.9. The van der Waals surface area contributed by atoms with E-state index in [4.69, 9.17) is 9.73 Å². The third-order valence-electron chi connectivity index (χ3n) is 5.38. The number of amides is 1. The lowest BCUT2D eigenvalue weighted by Gasteiger charge is -2.34. The Morgan fingerprint density at radius 1 is 1.31 bits per heavy atom. The fourth-order valence-corrected chi connectivity index (χ4v) is 3.91. The first-order valence-electron chi connectivity index (χ1n) is 9.09. The van der Waals surface area contributed by atoms with Gasteiger partial charge in [0.25, 0.3) is 5.91 Å². The van der Waals surface area contributed by atoms with Gasteiger partial charge in [-0.1, -0.05) is 0 Å². The minimum atomic E-state index is -0.596. The second-order valence-corrected chi connectivity index (χ2v) is 8.30. The van der Waals surface area contributed by atoms with Crippen molar-refractivity contribution in [3.8, 4) is 0 Å². The van der Waals surface area contributed by atoms with Crippen molar-refractivity contribution in [2.75, 3.05) is 11.9 Å². The van der Waals surface area contributed by atoms with Crippen molar-refractivity contribution in [2.45, 2.75) is 65.8 Å². The molecule has 1 aliphatic carbocycles. The maximum Gasteiger partial charge on any atom is 0.312 e. The molecule has 140 valence electrons. The first kappa shape index (κ1) is 17.1. The molecular weight excluding hydrogens is 334 g/mol. The number of esters is 1. The average molecular weight is 359 g/mol. The van der Waals surface area contributed by atoms with Gasteiger partial charge in [-0.25, -0.2) is 9.98 Å². The monoisotopic (exact) mass is 359 g/mol. The number of hydrogen-bond donors (Lipinski definition) is 0. The van der Waals surface area contributed by atoms with Gasteiger partial charge in [0.2, 0.25) is 5.96 Å². The Bertz CT molecular complexity index is 820. The maximum absolute atomic E-state index is 13.0. The molecule has 0 saturated heterocycles. The summed E-state index contributed by atoms with van der Waals surface area (Å²) in [6.07, 6.45) is 3.23. The van der Waals surface area contributed by atoms with E-state index < -0.39 is 5.41 Å². The predicted octanol–water partition coefficient (Wildman–Crippen LogP) is 1.92. The lowest BCUT2D eigenvalue weighted by Crippen LogP contribution is -2.51. The molecule has 0 N–H and O–H groups in total. The smallest absolute Gasteiger partial charge is 0.312 e. The van der Waals surface area contributed by atoms with E-state index in [2.05, 4.69) is 9.88 Å². The highest BCUT2D eigenvalue weighted by Gasteiger charge is 2.49. The van der Waals surface area contributed by atoms with Gasteiger partial charge >= 0.3 is 5.97 Å². The van der Waals surface area contributed by atoms with Gasteiger partial charge in [-0.2, -0.15) is 0 Å². The van der Waals surface area contributed by atoms with Crippen LogP contribution in [0.4, 0.5) is 5.82 Å². The summed E-state index contributed by atoms with van der Waals surface area (Å²) in [7, 11) is 1.74. The first-order chi connectivity index (χ1) is 12.2. The molecule has 0 aromatic carbocycles. The Kier molecular flexibility index (Phi) is 3.65. The summed E-state index contributed by atoms with van der Waals surface area (Å²) in [6, 6.07) is 0.495. The van der Waals surface area contributed by atoms with Crippen LogP contribution in [-0.2, 0) is 16.3 Å². The van der Waals surface area contributed by atoms with Crippen LogP contribution in [0, 0.1) is 12.3 Å². The van der Waals surface area contributed by atoms with Crippen LogP contribution in [0.3, 0.4) is 0 Å². The summed E-state index contributed by atoms with van der Waals surface area (Å²) in [5.74, 6) is 1.51. The number of carbonyl (C=O) groups is 2. The van der Waals surface area contributed by atoms with Gasteiger partial charge in [0.05, 0.1) is 17.5 Å². The zero-order valence-electron chi connectivity index (χ0n) is 15.9. The highest BCUT2D eigenvalue weighted by Crippen LogP contribution is 2.40. The topological polar surface area (TPSA) is 80.0 Å².